The first-order chi connectivity index (χ1) is 12.0. The van der Waals surface area contributed by atoms with Crippen molar-refractivity contribution in [2.45, 2.75) is 56.9 Å². The fourth-order valence-corrected chi connectivity index (χ4v) is 4.26. The molecule has 0 unspecified atom stereocenters. The molecule has 0 amide bonds. The van der Waals surface area contributed by atoms with Gasteiger partial charge < -0.3 is 5.11 Å². The van der Waals surface area contributed by atoms with Gasteiger partial charge in [-0.1, -0.05) is 25.0 Å². The Hall–Kier alpha value is -1.11. The molecule has 1 heterocycles. The van der Waals surface area contributed by atoms with Crippen molar-refractivity contribution in [2.24, 2.45) is 0 Å². The molecule has 1 aromatic carbocycles. The van der Waals surface area contributed by atoms with Crippen molar-refractivity contribution >= 4 is 0 Å². The minimum absolute atomic E-state index is 0.183. The topological polar surface area (TPSA) is 26.7 Å². The normalized spacial score (nSPS) is 24.1. The molecule has 1 saturated heterocycles. The lowest BCUT2D eigenvalue weighted by atomic mass is 10.0. The molecule has 0 radical (unpaired) electrons. The summed E-state index contributed by atoms with van der Waals surface area (Å²) in [7, 11) is 0. The maximum atomic E-state index is 12.7. The van der Waals surface area contributed by atoms with Gasteiger partial charge in [-0.2, -0.15) is 13.2 Å². The van der Waals surface area contributed by atoms with E-state index in [1.807, 2.05) is 0 Å². The van der Waals surface area contributed by atoms with Gasteiger partial charge in [-0.15, -0.1) is 0 Å². The van der Waals surface area contributed by atoms with E-state index in [9.17, 15) is 18.3 Å². The highest BCUT2D eigenvalue weighted by Gasteiger charge is 2.33. The first kappa shape index (κ1) is 18.7. The van der Waals surface area contributed by atoms with Crippen molar-refractivity contribution in [3.05, 3.63) is 35.4 Å². The molecule has 1 N–H and O–H groups in total. The molecule has 1 aliphatic heterocycles. The van der Waals surface area contributed by atoms with Crippen LogP contribution in [-0.2, 0) is 12.7 Å². The molecule has 2 aliphatic rings. The second kappa shape index (κ2) is 8.06. The number of aliphatic hydroxyl groups excluding tert-OH is 1. The van der Waals surface area contributed by atoms with Crippen LogP contribution in [0.5, 0.6) is 0 Å². The maximum Gasteiger partial charge on any atom is 0.416 e. The van der Waals surface area contributed by atoms with Crippen LogP contribution in [0.1, 0.15) is 43.2 Å². The van der Waals surface area contributed by atoms with E-state index in [2.05, 4.69) is 9.80 Å². The van der Waals surface area contributed by atoms with Crippen molar-refractivity contribution in [3.8, 4) is 0 Å². The molecule has 1 aliphatic carbocycles. The molecule has 1 saturated carbocycles. The molecular formula is C19H27F3N2O. The average Bonchev–Trinajstić information content (AvgIpc) is 3.09. The summed E-state index contributed by atoms with van der Waals surface area (Å²) in [6, 6.07) is 6.46. The molecule has 1 aromatic rings. The van der Waals surface area contributed by atoms with Crippen LogP contribution in [0.4, 0.5) is 13.2 Å². The largest absolute Gasteiger partial charge is 0.416 e. The summed E-state index contributed by atoms with van der Waals surface area (Å²) in [6.45, 7) is 3.63. The zero-order valence-electron chi connectivity index (χ0n) is 14.5. The molecule has 6 heteroatoms. The van der Waals surface area contributed by atoms with Crippen molar-refractivity contribution in [2.75, 3.05) is 26.2 Å². The number of alkyl halides is 3. The van der Waals surface area contributed by atoms with Crippen molar-refractivity contribution < 1.29 is 18.3 Å². The summed E-state index contributed by atoms with van der Waals surface area (Å²) in [5.41, 5.74) is 0.311. The number of rotatable bonds is 5. The van der Waals surface area contributed by atoms with Crippen LogP contribution < -0.4 is 0 Å². The van der Waals surface area contributed by atoms with Gasteiger partial charge in [0.25, 0.3) is 0 Å². The molecule has 2 fully saturated rings. The second-order valence-corrected chi connectivity index (χ2v) is 7.27. The van der Waals surface area contributed by atoms with Gasteiger partial charge >= 0.3 is 6.18 Å². The highest BCUT2D eigenvalue weighted by molar-refractivity contribution is 5.24. The Balaban J connectivity index is 1.60. The first-order valence-electron chi connectivity index (χ1n) is 9.22. The zero-order chi connectivity index (χ0) is 17.9. The fourth-order valence-electron chi connectivity index (χ4n) is 4.26. The number of hydrogen-bond acceptors (Lipinski definition) is 3. The Bertz CT molecular complexity index is 541. The monoisotopic (exact) mass is 356 g/mol. The van der Waals surface area contributed by atoms with Crippen molar-refractivity contribution in [1.29, 1.82) is 0 Å². The number of piperazine rings is 1. The van der Waals surface area contributed by atoms with E-state index >= 15 is 0 Å². The summed E-state index contributed by atoms with van der Waals surface area (Å²) >= 11 is 0. The van der Waals surface area contributed by atoms with Gasteiger partial charge in [0.1, 0.15) is 0 Å². The summed E-state index contributed by atoms with van der Waals surface area (Å²) in [6.07, 6.45) is 1.57. The molecular weight excluding hydrogens is 329 g/mol. The zero-order valence-corrected chi connectivity index (χ0v) is 14.5. The average molecular weight is 356 g/mol. The number of benzene rings is 1. The quantitative estimate of drug-likeness (QED) is 0.875. The van der Waals surface area contributed by atoms with E-state index in [1.165, 1.54) is 25.7 Å². The van der Waals surface area contributed by atoms with Gasteiger partial charge in [0.2, 0.25) is 0 Å². The number of aliphatic hydroxyl groups is 1. The van der Waals surface area contributed by atoms with Gasteiger partial charge in [0.15, 0.2) is 0 Å². The molecule has 0 bridgehead atoms. The van der Waals surface area contributed by atoms with Crippen molar-refractivity contribution in [1.82, 2.24) is 9.80 Å². The number of hydrogen-bond donors (Lipinski definition) is 1. The minimum atomic E-state index is -4.28. The van der Waals surface area contributed by atoms with E-state index in [0.717, 1.165) is 43.8 Å². The Morgan fingerprint density at radius 1 is 1.04 bits per heavy atom. The van der Waals surface area contributed by atoms with Gasteiger partial charge in [0.05, 0.1) is 5.56 Å². The lowest BCUT2D eigenvalue weighted by Gasteiger charge is -2.44. The molecule has 1 atom stereocenters. The van der Waals surface area contributed by atoms with Crippen LogP contribution in [0.25, 0.3) is 0 Å². The van der Waals surface area contributed by atoms with Crippen LogP contribution in [0, 0.1) is 0 Å². The highest BCUT2D eigenvalue weighted by atomic mass is 19.4. The van der Waals surface area contributed by atoms with E-state index < -0.39 is 11.7 Å². The van der Waals surface area contributed by atoms with Crippen LogP contribution in [0.2, 0.25) is 0 Å². The van der Waals surface area contributed by atoms with Crippen LogP contribution in [0.15, 0.2) is 24.3 Å². The number of halogens is 3. The standard InChI is InChI=1S/C19H27F3N2O/c20-19(21,22)16-7-5-15(6-8-16)13-23-10-11-24(17-3-1-2-4-17)18(14-23)9-12-25/h5-8,17-18,25H,1-4,9-14H2/t18-/m0/s1. The molecule has 25 heavy (non-hydrogen) atoms. The van der Waals surface area contributed by atoms with E-state index in [-0.39, 0.29) is 6.61 Å². The summed E-state index contributed by atoms with van der Waals surface area (Å²) in [5.74, 6) is 0. The summed E-state index contributed by atoms with van der Waals surface area (Å²) in [4.78, 5) is 4.86. The van der Waals surface area contributed by atoms with Crippen LogP contribution in [0.3, 0.4) is 0 Å². The fraction of sp³-hybridized carbons (Fsp3) is 0.684. The number of nitrogens with zero attached hydrogens (tertiary/aromatic N) is 2. The Morgan fingerprint density at radius 3 is 2.32 bits per heavy atom. The Labute approximate surface area is 147 Å². The first-order valence-corrected chi connectivity index (χ1v) is 9.22. The lowest BCUT2D eigenvalue weighted by Crippen LogP contribution is -2.55. The van der Waals surface area contributed by atoms with Gasteiger partial charge in [-0.05, 0) is 37.0 Å². The lowest BCUT2D eigenvalue weighted by molar-refractivity contribution is -0.137. The molecule has 140 valence electrons. The minimum Gasteiger partial charge on any atom is -0.396 e. The molecule has 0 spiro atoms. The maximum absolute atomic E-state index is 12.7. The predicted molar refractivity (Wildman–Crippen MR) is 91.2 cm³/mol. The van der Waals surface area contributed by atoms with Gasteiger partial charge in [-0.25, -0.2) is 0 Å². The third-order valence-electron chi connectivity index (χ3n) is 5.56. The second-order valence-electron chi connectivity index (χ2n) is 7.27. The summed E-state index contributed by atoms with van der Waals surface area (Å²) in [5, 5.41) is 9.41. The Morgan fingerprint density at radius 2 is 1.72 bits per heavy atom. The predicted octanol–water partition coefficient (Wildman–Crippen LogP) is 3.52. The smallest absolute Gasteiger partial charge is 0.396 e. The van der Waals surface area contributed by atoms with E-state index in [4.69, 9.17) is 0 Å². The van der Waals surface area contributed by atoms with Gasteiger partial charge in [-0.3, -0.25) is 9.80 Å². The third kappa shape index (κ3) is 4.74. The Kier molecular flexibility index (Phi) is 6.02. The molecule has 3 nitrogen and oxygen atoms in total. The third-order valence-corrected chi connectivity index (χ3v) is 5.56. The van der Waals surface area contributed by atoms with E-state index in [1.54, 1.807) is 12.1 Å². The highest BCUT2D eigenvalue weighted by Crippen LogP contribution is 2.30. The van der Waals surface area contributed by atoms with E-state index in [0.29, 0.717) is 18.6 Å². The van der Waals surface area contributed by atoms with Crippen LogP contribution >= 0.6 is 0 Å². The SMILES string of the molecule is OCC[C@H]1CN(Cc2ccc(C(F)(F)F)cc2)CCN1C1CCCC1. The molecule has 0 aromatic heterocycles. The van der Waals surface area contributed by atoms with Gasteiger partial charge in [0, 0.05) is 44.9 Å². The molecule has 3 rings (SSSR count). The van der Waals surface area contributed by atoms with Crippen LogP contribution in [-0.4, -0.2) is 53.2 Å². The summed E-state index contributed by atoms with van der Waals surface area (Å²) < 4.78 is 38.0. The van der Waals surface area contributed by atoms with Crippen molar-refractivity contribution in [3.63, 3.8) is 0 Å².